The summed E-state index contributed by atoms with van der Waals surface area (Å²) in [4.78, 5) is 26.0. The van der Waals surface area contributed by atoms with Crippen molar-refractivity contribution in [3.63, 3.8) is 0 Å². The number of carbonyl (C=O) groups is 2. The maximum Gasteiger partial charge on any atom is 0.416 e. The quantitative estimate of drug-likeness (QED) is 0.770. The summed E-state index contributed by atoms with van der Waals surface area (Å²) in [6.45, 7) is 2.90. The molecule has 2 aliphatic rings. The number of unbranched alkanes of at least 4 members (excludes halogenated alkanes) is 1. The van der Waals surface area contributed by atoms with E-state index in [0.717, 1.165) is 12.8 Å². The number of nitrogens with zero attached hydrogens (tertiary/aromatic N) is 1. The van der Waals surface area contributed by atoms with Crippen LogP contribution in [0.25, 0.3) is 0 Å². The van der Waals surface area contributed by atoms with Gasteiger partial charge in [-0.15, -0.1) is 11.8 Å². The second kappa shape index (κ2) is 5.78. The number of cyclic esters (lactones) is 1. The molecule has 100 valence electrons. The molecule has 0 spiro atoms. The molecule has 0 N–H and O–H groups in total. The molecule has 1 aliphatic heterocycles. The Balaban J connectivity index is 2.01. The number of carbonyl (C=O) groups excluding carboxylic acids is 2. The summed E-state index contributed by atoms with van der Waals surface area (Å²) in [5, 5.41) is 0. The van der Waals surface area contributed by atoms with Gasteiger partial charge in [-0.3, -0.25) is 4.79 Å². The largest absolute Gasteiger partial charge is 0.447 e. The van der Waals surface area contributed by atoms with Crippen LogP contribution in [-0.2, 0) is 9.53 Å². The van der Waals surface area contributed by atoms with E-state index < -0.39 is 6.09 Å². The lowest BCUT2D eigenvalue weighted by Gasteiger charge is -2.33. The van der Waals surface area contributed by atoms with Gasteiger partial charge in [-0.2, -0.15) is 0 Å². The van der Waals surface area contributed by atoms with Crippen molar-refractivity contribution in [3.8, 4) is 0 Å². The molecule has 0 aromatic carbocycles. The molecule has 1 fully saturated rings. The monoisotopic (exact) mass is 269 g/mol. The van der Waals surface area contributed by atoms with Gasteiger partial charge in [-0.25, -0.2) is 9.69 Å². The number of imide groups is 1. The highest BCUT2D eigenvalue weighted by Gasteiger charge is 2.40. The first-order valence-corrected chi connectivity index (χ1v) is 7.65. The Kier molecular flexibility index (Phi) is 4.32. The molecule has 0 bridgehead atoms. The Hall–Kier alpha value is -0.970. The van der Waals surface area contributed by atoms with Crippen molar-refractivity contribution in [2.45, 2.75) is 32.6 Å². The Bertz CT molecular complexity index is 392. The van der Waals surface area contributed by atoms with Crippen LogP contribution in [0.4, 0.5) is 4.79 Å². The number of allylic oxidation sites excluding steroid dienone is 1. The first kappa shape index (κ1) is 13.5. The molecule has 1 saturated heterocycles. The van der Waals surface area contributed by atoms with E-state index in [-0.39, 0.29) is 11.8 Å². The fourth-order valence-corrected chi connectivity index (χ4v) is 3.38. The highest BCUT2D eigenvalue weighted by molar-refractivity contribution is 8.02. The molecule has 0 aromatic heterocycles. The Labute approximate surface area is 112 Å². The summed E-state index contributed by atoms with van der Waals surface area (Å²) in [6.07, 6.45) is 5.76. The third-order valence-electron chi connectivity index (χ3n) is 3.49. The van der Waals surface area contributed by atoms with Crippen molar-refractivity contribution in [1.82, 2.24) is 4.90 Å². The number of rotatable bonds is 5. The molecule has 1 aliphatic carbocycles. The number of hydrogen-bond donors (Lipinski definition) is 0. The topological polar surface area (TPSA) is 46.6 Å². The highest BCUT2D eigenvalue weighted by atomic mass is 32.2. The van der Waals surface area contributed by atoms with E-state index in [4.69, 9.17) is 4.74 Å². The van der Waals surface area contributed by atoms with Crippen LogP contribution >= 0.6 is 11.8 Å². The molecular formula is C13H19NO3S. The average molecular weight is 269 g/mol. The second-order valence-electron chi connectivity index (χ2n) is 4.64. The van der Waals surface area contributed by atoms with Crippen molar-refractivity contribution in [1.29, 1.82) is 0 Å². The zero-order chi connectivity index (χ0) is 13.1. The zero-order valence-corrected chi connectivity index (χ0v) is 11.7. The summed E-state index contributed by atoms with van der Waals surface area (Å²) >= 11 is 1.65. The molecule has 1 heterocycles. The van der Waals surface area contributed by atoms with E-state index in [0.29, 0.717) is 13.2 Å². The normalized spacial score (nSPS) is 23.1. The van der Waals surface area contributed by atoms with Gasteiger partial charge < -0.3 is 4.74 Å². The SMILES string of the molecule is CCCCC1=C(SC)[C@@H](C(=O)N2CCOC2=O)C1. The molecule has 0 aromatic rings. The molecule has 0 saturated carbocycles. The number of hydrogen-bond acceptors (Lipinski definition) is 4. The molecule has 18 heavy (non-hydrogen) atoms. The molecule has 1 atom stereocenters. The molecule has 2 rings (SSSR count). The standard InChI is InChI=1S/C13H19NO3S/c1-3-4-5-9-8-10(11(9)18-2)12(15)14-6-7-17-13(14)16/h10H,3-8H2,1-2H3/t10-/m0/s1. The zero-order valence-electron chi connectivity index (χ0n) is 10.9. The summed E-state index contributed by atoms with van der Waals surface area (Å²) in [6, 6.07) is 0. The van der Waals surface area contributed by atoms with Crippen LogP contribution in [0.1, 0.15) is 32.6 Å². The Morgan fingerprint density at radius 1 is 1.56 bits per heavy atom. The predicted molar refractivity (Wildman–Crippen MR) is 71.2 cm³/mol. The van der Waals surface area contributed by atoms with Crippen LogP contribution in [0.3, 0.4) is 0 Å². The minimum absolute atomic E-state index is 0.0814. The van der Waals surface area contributed by atoms with Crippen LogP contribution in [0.2, 0.25) is 0 Å². The van der Waals surface area contributed by atoms with Crippen molar-refractivity contribution in [3.05, 3.63) is 10.5 Å². The van der Waals surface area contributed by atoms with Crippen LogP contribution in [0.15, 0.2) is 10.5 Å². The predicted octanol–water partition coefficient (Wildman–Crippen LogP) is 2.79. The van der Waals surface area contributed by atoms with Gasteiger partial charge >= 0.3 is 6.09 Å². The molecule has 0 unspecified atom stereocenters. The van der Waals surface area contributed by atoms with Gasteiger partial charge in [0.05, 0.1) is 12.5 Å². The lowest BCUT2D eigenvalue weighted by atomic mass is 9.82. The summed E-state index contributed by atoms with van der Waals surface area (Å²) in [5.74, 6) is -0.181. The molecule has 2 amide bonds. The summed E-state index contributed by atoms with van der Waals surface area (Å²) in [7, 11) is 0. The first-order valence-electron chi connectivity index (χ1n) is 6.43. The minimum Gasteiger partial charge on any atom is -0.447 e. The molecular weight excluding hydrogens is 250 g/mol. The van der Waals surface area contributed by atoms with Crippen LogP contribution in [0.5, 0.6) is 0 Å². The van der Waals surface area contributed by atoms with Gasteiger partial charge in [-0.05, 0) is 30.4 Å². The maximum absolute atomic E-state index is 12.2. The third kappa shape index (κ3) is 2.41. The average Bonchev–Trinajstić information content (AvgIpc) is 2.74. The number of ether oxygens (including phenoxy) is 1. The fraction of sp³-hybridized carbons (Fsp3) is 0.692. The van der Waals surface area contributed by atoms with E-state index in [2.05, 4.69) is 6.92 Å². The van der Waals surface area contributed by atoms with E-state index in [1.54, 1.807) is 11.8 Å². The van der Waals surface area contributed by atoms with E-state index >= 15 is 0 Å². The lowest BCUT2D eigenvalue weighted by Crippen LogP contribution is -2.40. The van der Waals surface area contributed by atoms with Crippen LogP contribution < -0.4 is 0 Å². The Morgan fingerprint density at radius 3 is 2.89 bits per heavy atom. The van der Waals surface area contributed by atoms with Crippen molar-refractivity contribution < 1.29 is 14.3 Å². The first-order chi connectivity index (χ1) is 8.69. The van der Waals surface area contributed by atoms with E-state index in [1.807, 2.05) is 6.26 Å². The van der Waals surface area contributed by atoms with Gasteiger partial charge in [-0.1, -0.05) is 18.9 Å². The van der Waals surface area contributed by atoms with Gasteiger partial charge in [0.1, 0.15) is 6.61 Å². The summed E-state index contributed by atoms with van der Waals surface area (Å²) < 4.78 is 4.81. The third-order valence-corrected chi connectivity index (χ3v) is 4.51. The fourth-order valence-electron chi connectivity index (χ4n) is 2.44. The number of amides is 2. The van der Waals surface area contributed by atoms with Crippen LogP contribution in [0, 0.1) is 5.92 Å². The van der Waals surface area contributed by atoms with Crippen molar-refractivity contribution in [2.24, 2.45) is 5.92 Å². The van der Waals surface area contributed by atoms with Crippen LogP contribution in [-0.4, -0.2) is 36.3 Å². The smallest absolute Gasteiger partial charge is 0.416 e. The van der Waals surface area contributed by atoms with Crippen molar-refractivity contribution >= 4 is 23.8 Å². The van der Waals surface area contributed by atoms with Crippen molar-refractivity contribution in [2.75, 3.05) is 19.4 Å². The Morgan fingerprint density at radius 2 is 2.33 bits per heavy atom. The summed E-state index contributed by atoms with van der Waals surface area (Å²) in [5.41, 5.74) is 1.40. The van der Waals surface area contributed by atoms with Gasteiger partial charge in [0.15, 0.2) is 0 Å². The molecule has 5 heteroatoms. The van der Waals surface area contributed by atoms with Gasteiger partial charge in [0.2, 0.25) is 5.91 Å². The molecule has 4 nitrogen and oxygen atoms in total. The van der Waals surface area contributed by atoms with E-state index in [1.165, 1.54) is 28.2 Å². The highest BCUT2D eigenvalue weighted by Crippen LogP contribution is 2.44. The van der Waals surface area contributed by atoms with Gasteiger partial charge in [0, 0.05) is 0 Å². The second-order valence-corrected chi connectivity index (χ2v) is 5.48. The molecule has 0 radical (unpaired) electrons. The van der Waals surface area contributed by atoms with E-state index in [9.17, 15) is 9.59 Å². The minimum atomic E-state index is -0.484. The lowest BCUT2D eigenvalue weighted by molar-refractivity contribution is -0.131. The number of thioether (sulfide) groups is 1. The maximum atomic E-state index is 12.2. The van der Waals surface area contributed by atoms with Gasteiger partial charge in [0.25, 0.3) is 0 Å².